The molecule has 0 bridgehead atoms. The monoisotopic (exact) mass is 286 g/mol. The smallest absolute Gasteiger partial charge is 0.191 e. The van der Waals surface area contributed by atoms with Crippen molar-refractivity contribution in [3.63, 3.8) is 0 Å². The summed E-state index contributed by atoms with van der Waals surface area (Å²) >= 11 is 5.08. The molecular formula is C10H11BrN2OS. The zero-order valence-electron chi connectivity index (χ0n) is 8.29. The third-order valence-electron chi connectivity index (χ3n) is 1.98. The maximum Gasteiger partial charge on any atom is 0.191 e. The molecule has 2 aromatic rings. The van der Waals surface area contributed by atoms with Crippen LogP contribution in [0.1, 0.15) is 11.7 Å². The molecule has 0 spiro atoms. The van der Waals surface area contributed by atoms with Gasteiger partial charge in [-0.1, -0.05) is 0 Å². The van der Waals surface area contributed by atoms with Gasteiger partial charge in [0.2, 0.25) is 0 Å². The van der Waals surface area contributed by atoms with Crippen molar-refractivity contribution in [2.24, 2.45) is 5.73 Å². The SMILES string of the molecule is Cc1nc(-c2ccc(Br)s2)c(CCN)o1. The summed E-state index contributed by atoms with van der Waals surface area (Å²) in [5.74, 6) is 1.57. The van der Waals surface area contributed by atoms with Gasteiger partial charge in [0, 0.05) is 13.3 Å². The number of nitrogens with zero attached hydrogens (tertiary/aromatic N) is 1. The van der Waals surface area contributed by atoms with Crippen LogP contribution in [0.5, 0.6) is 0 Å². The fourth-order valence-electron chi connectivity index (χ4n) is 1.40. The van der Waals surface area contributed by atoms with Crippen LogP contribution in [0.2, 0.25) is 0 Å². The molecule has 0 aliphatic rings. The van der Waals surface area contributed by atoms with Crippen molar-refractivity contribution in [2.45, 2.75) is 13.3 Å². The summed E-state index contributed by atoms with van der Waals surface area (Å²) in [5.41, 5.74) is 6.45. The Morgan fingerprint density at radius 3 is 2.93 bits per heavy atom. The van der Waals surface area contributed by atoms with E-state index >= 15 is 0 Å². The summed E-state index contributed by atoms with van der Waals surface area (Å²) in [4.78, 5) is 5.49. The third kappa shape index (κ3) is 2.30. The zero-order chi connectivity index (χ0) is 10.8. The quantitative estimate of drug-likeness (QED) is 0.944. The number of rotatable bonds is 3. The van der Waals surface area contributed by atoms with E-state index in [1.807, 2.05) is 19.1 Å². The van der Waals surface area contributed by atoms with Crippen molar-refractivity contribution >= 4 is 27.3 Å². The Kier molecular flexibility index (Phi) is 3.23. The number of nitrogens with two attached hydrogens (primary N) is 1. The first-order valence-corrected chi connectivity index (χ1v) is 6.23. The lowest BCUT2D eigenvalue weighted by Crippen LogP contribution is -2.02. The Hall–Kier alpha value is -0.650. The van der Waals surface area contributed by atoms with E-state index in [0.29, 0.717) is 12.4 Å². The second kappa shape index (κ2) is 4.47. The van der Waals surface area contributed by atoms with Crippen molar-refractivity contribution in [3.8, 4) is 10.6 Å². The minimum absolute atomic E-state index is 0.578. The number of aromatic nitrogens is 1. The van der Waals surface area contributed by atoms with Crippen LogP contribution in [-0.4, -0.2) is 11.5 Å². The summed E-state index contributed by atoms with van der Waals surface area (Å²) in [6, 6.07) is 4.04. The molecule has 0 aliphatic carbocycles. The summed E-state index contributed by atoms with van der Waals surface area (Å²) < 4.78 is 6.61. The normalized spacial score (nSPS) is 10.9. The van der Waals surface area contributed by atoms with E-state index in [2.05, 4.69) is 20.9 Å². The van der Waals surface area contributed by atoms with Crippen LogP contribution in [0.4, 0.5) is 0 Å². The predicted molar refractivity (Wildman–Crippen MR) is 65.0 cm³/mol. The molecule has 2 heterocycles. The second-order valence-corrected chi connectivity index (χ2v) is 5.61. The van der Waals surface area contributed by atoms with E-state index < -0.39 is 0 Å². The van der Waals surface area contributed by atoms with Gasteiger partial charge in [-0.05, 0) is 34.6 Å². The summed E-state index contributed by atoms with van der Waals surface area (Å²) in [6.45, 7) is 2.43. The van der Waals surface area contributed by atoms with Gasteiger partial charge in [-0.25, -0.2) is 4.98 Å². The number of thiophene rings is 1. The average Bonchev–Trinajstić information content (AvgIpc) is 2.73. The minimum atomic E-state index is 0.578. The molecule has 0 unspecified atom stereocenters. The van der Waals surface area contributed by atoms with Crippen LogP contribution in [0.3, 0.4) is 0 Å². The lowest BCUT2D eigenvalue weighted by molar-refractivity contribution is 0.476. The van der Waals surface area contributed by atoms with Crippen LogP contribution in [0.15, 0.2) is 20.3 Å². The maximum atomic E-state index is 5.53. The molecule has 0 atom stereocenters. The molecule has 5 heteroatoms. The molecule has 80 valence electrons. The molecular weight excluding hydrogens is 276 g/mol. The Labute approximate surface area is 100 Å². The van der Waals surface area contributed by atoms with Gasteiger partial charge in [-0.15, -0.1) is 11.3 Å². The molecule has 0 saturated carbocycles. The molecule has 0 saturated heterocycles. The van der Waals surface area contributed by atoms with Gasteiger partial charge in [-0.3, -0.25) is 0 Å². The summed E-state index contributed by atoms with van der Waals surface area (Å²) in [7, 11) is 0. The highest BCUT2D eigenvalue weighted by atomic mass is 79.9. The number of oxazole rings is 1. The van der Waals surface area contributed by atoms with E-state index in [9.17, 15) is 0 Å². The molecule has 3 nitrogen and oxygen atoms in total. The van der Waals surface area contributed by atoms with Crippen molar-refractivity contribution in [1.29, 1.82) is 0 Å². The molecule has 15 heavy (non-hydrogen) atoms. The Bertz CT molecular complexity index is 464. The predicted octanol–water partition coefficient (Wildman–Crippen LogP) is 2.98. The minimum Gasteiger partial charge on any atom is -0.445 e. The summed E-state index contributed by atoms with van der Waals surface area (Å²) in [5, 5.41) is 0. The fraction of sp³-hybridized carbons (Fsp3) is 0.300. The Morgan fingerprint density at radius 2 is 2.33 bits per heavy atom. The Balaban J connectivity index is 2.42. The van der Waals surface area contributed by atoms with E-state index in [-0.39, 0.29) is 0 Å². The first-order valence-electron chi connectivity index (χ1n) is 4.63. The van der Waals surface area contributed by atoms with Gasteiger partial charge in [0.25, 0.3) is 0 Å². The number of hydrogen-bond donors (Lipinski definition) is 1. The lowest BCUT2D eigenvalue weighted by Gasteiger charge is -1.95. The second-order valence-electron chi connectivity index (χ2n) is 3.15. The number of aryl methyl sites for hydroxylation is 1. The van der Waals surface area contributed by atoms with E-state index in [1.165, 1.54) is 0 Å². The Morgan fingerprint density at radius 1 is 1.53 bits per heavy atom. The highest BCUT2D eigenvalue weighted by Gasteiger charge is 2.13. The maximum absolute atomic E-state index is 5.53. The van der Waals surface area contributed by atoms with Crippen molar-refractivity contribution < 1.29 is 4.42 Å². The van der Waals surface area contributed by atoms with Gasteiger partial charge in [0.05, 0.1) is 8.66 Å². The standard InChI is InChI=1S/C10H11BrN2OS/c1-6-13-10(7(14-6)4-5-12)8-2-3-9(11)15-8/h2-3H,4-5,12H2,1H3. The van der Waals surface area contributed by atoms with Crippen molar-refractivity contribution in [3.05, 3.63) is 27.6 Å². The fourth-order valence-corrected chi connectivity index (χ4v) is 2.80. The third-order valence-corrected chi connectivity index (χ3v) is 3.61. The number of halogens is 1. The average molecular weight is 287 g/mol. The lowest BCUT2D eigenvalue weighted by atomic mass is 10.2. The van der Waals surface area contributed by atoms with Crippen LogP contribution >= 0.6 is 27.3 Å². The topological polar surface area (TPSA) is 52.0 Å². The molecule has 0 aromatic carbocycles. The molecule has 2 N–H and O–H groups in total. The van der Waals surface area contributed by atoms with Crippen LogP contribution in [-0.2, 0) is 6.42 Å². The van der Waals surface area contributed by atoms with Gasteiger partial charge < -0.3 is 10.2 Å². The summed E-state index contributed by atoms with van der Waals surface area (Å²) in [6.07, 6.45) is 0.728. The largest absolute Gasteiger partial charge is 0.445 e. The van der Waals surface area contributed by atoms with Gasteiger partial charge >= 0.3 is 0 Å². The zero-order valence-corrected chi connectivity index (χ0v) is 10.7. The molecule has 2 aromatic heterocycles. The van der Waals surface area contributed by atoms with Gasteiger partial charge in [0.1, 0.15) is 11.5 Å². The van der Waals surface area contributed by atoms with Crippen molar-refractivity contribution in [2.75, 3.05) is 6.54 Å². The van der Waals surface area contributed by atoms with Crippen LogP contribution in [0.25, 0.3) is 10.6 Å². The van der Waals surface area contributed by atoms with Crippen LogP contribution < -0.4 is 5.73 Å². The van der Waals surface area contributed by atoms with E-state index in [0.717, 1.165) is 26.5 Å². The van der Waals surface area contributed by atoms with Crippen LogP contribution in [0, 0.1) is 6.92 Å². The van der Waals surface area contributed by atoms with E-state index in [4.69, 9.17) is 10.2 Å². The molecule has 2 rings (SSSR count). The van der Waals surface area contributed by atoms with Gasteiger partial charge in [0.15, 0.2) is 5.89 Å². The van der Waals surface area contributed by atoms with Crippen molar-refractivity contribution in [1.82, 2.24) is 4.98 Å². The highest BCUT2D eigenvalue weighted by molar-refractivity contribution is 9.11. The molecule has 0 aliphatic heterocycles. The first kappa shape index (κ1) is 10.9. The highest BCUT2D eigenvalue weighted by Crippen LogP contribution is 2.33. The van der Waals surface area contributed by atoms with Gasteiger partial charge in [-0.2, -0.15) is 0 Å². The number of hydrogen-bond acceptors (Lipinski definition) is 4. The van der Waals surface area contributed by atoms with E-state index in [1.54, 1.807) is 11.3 Å². The first-order chi connectivity index (χ1) is 7.20. The molecule has 0 radical (unpaired) electrons. The molecule has 0 amide bonds. The molecule has 0 fully saturated rings.